The molecule has 0 fully saturated rings. The number of methoxy groups -OCH3 is 1. The van der Waals surface area contributed by atoms with E-state index in [2.05, 4.69) is 12.2 Å². The molecule has 0 bridgehead atoms. The van der Waals surface area contributed by atoms with Gasteiger partial charge in [0.2, 0.25) is 0 Å². The van der Waals surface area contributed by atoms with Gasteiger partial charge >= 0.3 is 0 Å². The first-order chi connectivity index (χ1) is 16.0. The summed E-state index contributed by atoms with van der Waals surface area (Å²) < 4.78 is 10.6. The van der Waals surface area contributed by atoms with Gasteiger partial charge in [-0.05, 0) is 86.0 Å². The zero-order valence-corrected chi connectivity index (χ0v) is 19.1. The number of hydrogen-bond acceptors (Lipinski definition) is 4. The van der Waals surface area contributed by atoms with Crippen LogP contribution in [0.2, 0.25) is 0 Å². The summed E-state index contributed by atoms with van der Waals surface area (Å²) in [5.74, 6) is 1.26. The molecule has 0 spiro atoms. The molecule has 4 rings (SSSR count). The Kier molecular flexibility index (Phi) is 6.63. The molecule has 33 heavy (non-hydrogen) atoms. The van der Waals surface area contributed by atoms with Gasteiger partial charge in [0.1, 0.15) is 11.5 Å². The molecule has 6 heteroatoms. The number of rotatable bonds is 7. The predicted octanol–water partition coefficient (Wildman–Crippen LogP) is 4.62. The van der Waals surface area contributed by atoms with Crippen molar-refractivity contribution in [2.75, 3.05) is 18.6 Å². The van der Waals surface area contributed by atoms with Gasteiger partial charge in [-0.2, -0.15) is 0 Å². The van der Waals surface area contributed by atoms with Crippen molar-refractivity contribution in [1.29, 1.82) is 0 Å². The second kappa shape index (κ2) is 9.77. The molecular formula is C27H28N2O4. The minimum absolute atomic E-state index is 0.0422. The average molecular weight is 445 g/mol. The van der Waals surface area contributed by atoms with Gasteiger partial charge in [0.05, 0.1) is 13.7 Å². The number of carbonyl (C=O) groups excluding carboxylic acids is 2. The average Bonchev–Trinajstić information content (AvgIpc) is 3.17. The van der Waals surface area contributed by atoms with E-state index in [4.69, 9.17) is 9.47 Å². The van der Waals surface area contributed by atoms with Crippen molar-refractivity contribution in [3.63, 3.8) is 0 Å². The topological polar surface area (TPSA) is 67.9 Å². The molecule has 1 atom stereocenters. The lowest BCUT2D eigenvalue weighted by Crippen LogP contribution is -2.35. The number of nitrogens with zero attached hydrogens (tertiary/aromatic N) is 1. The highest BCUT2D eigenvalue weighted by molar-refractivity contribution is 6.07. The highest BCUT2D eigenvalue weighted by atomic mass is 16.5. The molecular weight excluding hydrogens is 416 g/mol. The molecule has 0 saturated heterocycles. The lowest BCUT2D eigenvalue weighted by molar-refractivity contribution is 0.0948. The monoisotopic (exact) mass is 444 g/mol. The molecule has 0 saturated carbocycles. The van der Waals surface area contributed by atoms with Crippen LogP contribution in [-0.4, -0.2) is 31.6 Å². The van der Waals surface area contributed by atoms with Crippen molar-refractivity contribution >= 4 is 17.5 Å². The van der Waals surface area contributed by atoms with Gasteiger partial charge in [-0.1, -0.05) is 12.1 Å². The van der Waals surface area contributed by atoms with Gasteiger partial charge in [-0.15, -0.1) is 0 Å². The maximum absolute atomic E-state index is 13.3. The van der Waals surface area contributed by atoms with Crippen LogP contribution >= 0.6 is 0 Å². The number of nitrogens with one attached hydrogen (secondary N) is 1. The summed E-state index contributed by atoms with van der Waals surface area (Å²) in [7, 11) is 1.60. The number of carbonyl (C=O) groups is 2. The first kappa shape index (κ1) is 22.4. The van der Waals surface area contributed by atoms with E-state index in [0.717, 1.165) is 29.0 Å². The zero-order valence-electron chi connectivity index (χ0n) is 19.1. The molecule has 0 radical (unpaired) electrons. The molecule has 2 amide bonds. The Morgan fingerprint density at radius 1 is 0.970 bits per heavy atom. The van der Waals surface area contributed by atoms with E-state index in [-0.39, 0.29) is 17.9 Å². The number of anilines is 1. The third kappa shape index (κ3) is 4.85. The van der Waals surface area contributed by atoms with Crippen LogP contribution in [0.3, 0.4) is 0 Å². The molecule has 3 aromatic rings. The van der Waals surface area contributed by atoms with Crippen LogP contribution in [0.1, 0.15) is 45.7 Å². The van der Waals surface area contributed by atoms with E-state index < -0.39 is 0 Å². The summed E-state index contributed by atoms with van der Waals surface area (Å²) in [4.78, 5) is 27.7. The van der Waals surface area contributed by atoms with Crippen molar-refractivity contribution in [2.24, 2.45) is 0 Å². The zero-order chi connectivity index (χ0) is 23.4. The van der Waals surface area contributed by atoms with Crippen molar-refractivity contribution < 1.29 is 19.1 Å². The van der Waals surface area contributed by atoms with E-state index in [1.165, 1.54) is 0 Å². The van der Waals surface area contributed by atoms with Crippen LogP contribution < -0.4 is 19.7 Å². The van der Waals surface area contributed by atoms with Crippen LogP contribution in [0.25, 0.3) is 0 Å². The number of benzene rings is 3. The molecule has 0 aliphatic carbocycles. The second-order valence-electron chi connectivity index (χ2n) is 8.06. The lowest BCUT2D eigenvalue weighted by Gasteiger charge is -2.23. The van der Waals surface area contributed by atoms with Crippen molar-refractivity contribution in [2.45, 2.75) is 32.9 Å². The molecule has 1 heterocycles. The van der Waals surface area contributed by atoms with Crippen LogP contribution in [-0.2, 0) is 13.0 Å². The van der Waals surface area contributed by atoms with Gasteiger partial charge in [-0.25, -0.2) is 0 Å². The Balaban J connectivity index is 1.47. The highest BCUT2D eigenvalue weighted by Gasteiger charge is 2.31. The maximum Gasteiger partial charge on any atom is 0.258 e. The summed E-state index contributed by atoms with van der Waals surface area (Å²) in [6.45, 7) is 4.93. The quantitative estimate of drug-likeness (QED) is 0.578. The number of amides is 2. The Morgan fingerprint density at radius 3 is 2.30 bits per heavy atom. The fraction of sp³-hybridized carbons (Fsp3) is 0.259. The summed E-state index contributed by atoms with van der Waals surface area (Å²) in [6.07, 6.45) is 0.802. The standard InChI is InChI=1S/C27H28N2O4/c1-4-33-24-13-7-20(8-14-24)26(30)28-17-19-5-6-22-15-18(2)29(25(22)16-19)27(31)21-9-11-23(32-3)12-10-21/h5-14,16,18H,4,15,17H2,1-3H3,(H,28,30)/t18-/m1/s1. The fourth-order valence-corrected chi connectivity index (χ4v) is 4.10. The molecule has 1 aliphatic heterocycles. The highest BCUT2D eigenvalue weighted by Crippen LogP contribution is 2.34. The van der Waals surface area contributed by atoms with E-state index in [9.17, 15) is 9.59 Å². The molecule has 0 aromatic heterocycles. The van der Waals surface area contributed by atoms with E-state index in [1.807, 2.05) is 30.0 Å². The number of fused-ring (bicyclic) bond motifs is 1. The molecule has 0 unspecified atom stereocenters. The van der Waals surface area contributed by atoms with Gasteiger partial charge in [0.25, 0.3) is 11.8 Å². The van der Waals surface area contributed by atoms with Gasteiger partial charge in [-0.3, -0.25) is 9.59 Å². The summed E-state index contributed by atoms with van der Waals surface area (Å²) >= 11 is 0. The van der Waals surface area contributed by atoms with Gasteiger partial charge in [0, 0.05) is 29.4 Å². The van der Waals surface area contributed by atoms with E-state index >= 15 is 0 Å². The van der Waals surface area contributed by atoms with E-state index in [1.54, 1.807) is 55.6 Å². The predicted molar refractivity (Wildman–Crippen MR) is 128 cm³/mol. The smallest absolute Gasteiger partial charge is 0.258 e. The minimum Gasteiger partial charge on any atom is -0.497 e. The van der Waals surface area contributed by atoms with Crippen LogP contribution in [0.4, 0.5) is 5.69 Å². The summed E-state index contributed by atoms with van der Waals surface area (Å²) in [6, 6.07) is 20.3. The van der Waals surface area contributed by atoms with Crippen molar-refractivity contribution in [3.8, 4) is 11.5 Å². The number of ether oxygens (including phenoxy) is 2. The van der Waals surface area contributed by atoms with Crippen LogP contribution in [0, 0.1) is 0 Å². The van der Waals surface area contributed by atoms with Crippen LogP contribution in [0.15, 0.2) is 66.7 Å². The maximum atomic E-state index is 13.3. The second-order valence-corrected chi connectivity index (χ2v) is 8.06. The Morgan fingerprint density at radius 2 is 1.64 bits per heavy atom. The summed E-state index contributed by atoms with van der Waals surface area (Å²) in [5, 5.41) is 2.96. The fourth-order valence-electron chi connectivity index (χ4n) is 4.10. The first-order valence-corrected chi connectivity index (χ1v) is 11.1. The Labute approximate surface area is 194 Å². The first-order valence-electron chi connectivity index (χ1n) is 11.1. The Hall–Kier alpha value is -3.80. The SMILES string of the molecule is CCOc1ccc(C(=O)NCc2ccc3c(c2)N(C(=O)c2ccc(OC)cc2)[C@H](C)C3)cc1. The normalized spacial score (nSPS) is 14.5. The number of hydrogen-bond donors (Lipinski definition) is 1. The van der Waals surface area contributed by atoms with Crippen molar-refractivity contribution in [1.82, 2.24) is 5.32 Å². The molecule has 1 N–H and O–H groups in total. The molecule has 170 valence electrons. The third-order valence-electron chi connectivity index (χ3n) is 5.80. The Bertz CT molecular complexity index is 1140. The third-order valence-corrected chi connectivity index (χ3v) is 5.80. The van der Waals surface area contributed by atoms with Crippen molar-refractivity contribution in [3.05, 3.63) is 89.0 Å². The van der Waals surface area contributed by atoms with Crippen LogP contribution in [0.5, 0.6) is 11.5 Å². The largest absolute Gasteiger partial charge is 0.497 e. The molecule has 6 nitrogen and oxygen atoms in total. The summed E-state index contributed by atoms with van der Waals surface area (Å²) in [5.41, 5.74) is 4.16. The van der Waals surface area contributed by atoms with Gasteiger partial charge in [0.15, 0.2) is 0 Å². The van der Waals surface area contributed by atoms with Gasteiger partial charge < -0.3 is 19.7 Å². The molecule has 3 aromatic carbocycles. The van der Waals surface area contributed by atoms with E-state index in [0.29, 0.717) is 30.0 Å². The minimum atomic E-state index is -0.155. The lowest BCUT2D eigenvalue weighted by atomic mass is 10.1. The molecule has 1 aliphatic rings.